The number of ether oxygens (including phenoxy) is 2. The molecule has 1 fully saturated rings. The molecule has 6 nitrogen and oxygen atoms in total. The maximum atomic E-state index is 13.6. The number of rotatable bonds is 7. The fraction of sp³-hybridized carbons (Fsp3) is 0.185. The van der Waals surface area contributed by atoms with Gasteiger partial charge in [-0.05, 0) is 72.6 Å². The number of nitrogens with zero attached hydrogens (tertiary/aromatic N) is 3. The van der Waals surface area contributed by atoms with Gasteiger partial charge in [-0.1, -0.05) is 28.1 Å². The zero-order valence-corrected chi connectivity index (χ0v) is 20.6. The zero-order valence-electron chi connectivity index (χ0n) is 19.0. The highest BCUT2D eigenvalue weighted by Crippen LogP contribution is 2.35. The van der Waals surface area contributed by atoms with Gasteiger partial charge in [-0.15, -0.1) is 0 Å². The van der Waals surface area contributed by atoms with E-state index in [1.807, 2.05) is 54.7 Å². The molecule has 1 amide bonds. The average molecular weight is 536 g/mol. The van der Waals surface area contributed by atoms with Crippen molar-refractivity contribution in [2.75, 3.05) is 20.3 Å². The van der Waals surface area contributed by atoms with E-state index in [0.29, 0.717) is 18.7 Å². The first kappa shape index (κ1) is 23.3. The smallest absolute Gasteiger partial charge is 0.250 e. The predicted octanol–water partition coefficient (Wildman–Crippen LogP) is 5.55. The lowest BCUT2D eigenvalue weighted by Crippen LogP contribution is -2.30. The summed E-state index contributed by atoms with van der Waals surface area (Å²) in [5.41, 5.74) is 4.09. The number of hydrogen-bond donors (Lipinski definition) is 0. The highest BCUT2D eigenvalue weighted by Gasteiger charge is 2.36. The molecule has 0 spiro atoms. The minimum Gasteiger partial charge on any atom is -0.497 e. The van der Waals surface area contributed by atoms with Crippen molar-refractivity contribution in [3.8, 4) is 22.7 Å². The first-order chi connectivity index (χ1) is 17.0. The third kappa shape index (κ3) is 4.99. The molecule has 0 saturated carbocycles. The SMILES string of the molecule is COc1ccc(CCN2C(=O)COC2c2cn(-c3ccc(Br)cc3)nc2-c2ccc(F)cc2)cc1. The Morgan fingerprint density at radius 1 is 1.06 bits per heavy atom. The molecule has 1 aliphatic heterocycles. The second kappa shape index (κ2) is 10.0. The number of hydrogen-bond acceptors (Lipinski definition) is 4. The lowest BCUT2D eigenvalue weighted by Gasteiger charge is -2.23. The molecule has 1 aromatic heterocycles. The van der Waals surface area contributed by atoms with E-state index in [1.165, 1.54) is 12.1 Å². The number of carbonyl (C=O) groups is 1. The van der Waals surface area contributed by atoms with Gasteiger partial charge in [-0.25, -0.2) is 9.07 Å². The van der Waals surface area contributed by atoms with Crippen LogP contribution in [0.4, 0.5) is 4.39 Å². The number of methoxy groups -OCH3 is 1. The summed E-state index contributed by atoms with van der Waals surface area (Å²) in [6.45, 7) is 0.488. The molecular weight excluding hydrogens is 513 g/mol. The van der Waals surface area contributed by atoms with Gasteiger partial charge in [0.25, 0.3) is 5.91 Å². The summed E-state index contributed by atoms with van der Waals surface area (Å²) in [4.78, 5) is 14.5. The molecular formula is C27H23BrFN3O3. The highest BCUT2D eigenvalue weighted by atomic mass is 79.9. The van der Waals surface area contributed by atoms with Crippen molar-refractivity contribution in [3.05, 3.63) is 100 Å². The number of aromatic nitrogens is 2. The third-order valence-corrected chi connectivity index (χ3v) is 6.51. The Labute approximate surface area is 211 Å². The number of halogens is 2. The van der Waals surface area contributed by atoms with Crippen LogP contribution < -0.4 is 4.74 Å². The summed E-state index contributed by atoms with van der Waals surface area (Å²) in [5, 5.41) is 4.80. The van der Waals surface area contributed by atoms with Crippen LogP contribution in [0.3, 0.4) is 0 Å². The minimum atomic E-state index is -0.593. The van der Waals surface area contributed by atoms with Crippen molar-refractivity contribution < 1.29 is 18.7 Å². The standard InChI is InChI=1S/C27H23BrFN3O3/c1-34-23-12-2-18(3-13-23)14-15-31-25(33)17-35-27(31)24-16-32(22-10-6-20(28)7-11-22)30-26(24)19-4-8-21(29)9-5-19/h2-13,16,27H,14-15,17H2,1H3. The van der Waals surface area contributed by atoms with Crippen LogP contribution in [0.5, 0.6) is 5.75 Å². The van der Waals surface area contributed by atoms with Gasteiger partial charge in [-0.2, -0.15) is 5.10 Å². The van der Waals surface area contributed by atoms with E-state index in [9.17, 15) is 9.18 Å². The average Bonchev–Trinajstić information content (AvgIpc) is 3.47. The molecule has 1 atom stereocenters. The van der Waals surface area contributed by atoms with Crippen molar-refractivity contribution in [1.29, 1.82) is 0 Å². The summed E-state index contributed by atoms with van der Waals surface area (Å²) in [7, 11) is 1.63. The fourth-order valence-corrected chi connectivity index (χ4v) is 4.39. The van der Waals surface area contributed by atoms with Crippen LogP contribution >= 0.6 is 15.9 Å². The Kier molecular flexibility index (Phi) is 6.66. The molecule has 178 valence electrons. The van der Waals surface area contributed by atoms with E-state index in [1.54, 1.807) is 28.8 Å². The molecule has 5 rings (SSSR count). The van der Waals surface area contributed by atoms with Gasteiger partial charge >= 0.3 is 0 Å². The molecule has 3 aromatic carbocycles. The topological polar surface area (TPSA) is 56.6 Å². The molecule has 0 aliphatic carbocycles. The van der Waals surface area contributed by atoms with Crippen LogP contribution in [0, 0.1) is 5.82 Å². The van der Waals surface area contributed by atoms with Gasteiger partial charge in [0, 0.05) is 28.3 Å². The third-order valence-electron chi connectivity index (χ3n) is 5.99. The van der Waals surface area contributed by atoms with Crippen LogP contribution in [-0.2, 0) is 16.0 Å². The van der Waals surface area contributed by atoms with Gasteiger partial charge in [-0.3, -0.25) is 4.79 Å². The molecule has 1 aliphatic rings. The first-order valence-corrected chi connectivity index (χ1v) is 12.0. The van der Waals surface area contributed by atoms with Crippen molar-refractivity contribution in [3.63, 3.8) is 0 Å². The molecule has 8 heteroatoms. The van der Waals surface area contributed by atoms with Gasteiger partial charge in [0.15, 0.2) is 6.23 Å². The maximum Gasteiger partial charge on any atom is 0.250 e. The number of amides is 1. The van der Waals surface area contributed by atoms with Crippen LogP contribution in [0.1, 0.15) is 17.4 Å². The first-order valence-electron chi connectivity index (χ1n) is 11.2. The van der Waals surface area contributed by atoms with E-state index in [-0.39, 0.29) is 18.3 Å². The number of benzene rings is 3. The Morgan fingerprint density at radius 3 is 2.46 bits per heavy atom. The summed E-state index contributed by atoms with van der Waals surface area (Å²) in [5.74, 6) is 0.387. The summed E-state index contributed by atoms with van der Waals surface area (Å²) >= 11 is 3.46. The quantitative estimate of drug-likeness (QED) is 0.311. The molecule has 2 heterocycles. The normalized spacial score (nSPS) is 15.6. The van der Waals surface area contributed by atoms with Crippen LogP contribution in [0.2, 0.25) is 0 Å². The van der Waals surface area contributed by atoms with Crippen LogP contribution in [0.25, 0.3) is 16.9 Å². The van der Waals surface area contributed by atoms with E-state index >= 15 is 0 Å². The summed E-state index contributed by atoms with van der Waals surface area (Å²) < 4.78 is 27.5. The lowest BCUT2D eigenvalue weighted by atomic mass is 10.1. The summed E-state index contributed by atoms with van der Waals surface area (Å²) in [6.07, 6.45) is 1.96. The minimum absolute atomic E-state index is 0.000396. The fourth-order valence-electron chi connectivity index (χ4n) is 4.12. The molecule has 35 heavy (non-hydrogen) atoms. The van der Waals surface area contributed by atoms with E-state index in [2.05, 4.69) is 15.9 Å². The van der Waals surface area contributed by atoms with Crippen LogP contribution in [-0.4, -0.2) is 40.8 Å². The molecule has 1 saturated heterocycles. The van der Waals surface area contributed by atoms with Gasteiger partial charge in [0.1, 0.15) is 23.9 Å². The molecule has 0 N–H and O–H groups in total. The molecule has 0 bridgehead atoms. The molecule has 4 aromatic rings. The Morgan fingerprint density at radius 2 is 1.77 bits per heavy atom. The second-order valence-corrected chi connectivity index (χ2v) is 9.13. The largest absolute Gasteiger partial charge is 0.497 e. The molecule has 1 unspecified atom stereocenters. The van der Waals surface area contributed by atoms with E-state index in [4.69, 9.17) is 14.6 Å². The van der Waals surface area contributed by atoms with Crippen molar-refractivity contribution in [1.82, 2.24) is 14.7 Å². The highest BCUT2D eigenvalue weighted by molar-refractivity contribution is 9.10. The number of carbonyl (C=O) groups excluding carboxylic acids is 1. The Bertz CT molecular complexity index is 1320. The van der Waals surface area contributed by atoms with Crippen molar-refractivity contribution in [2.24, 2.45) is 0 Å². The maximum absolute atomic E-state index is 13.6. The van der Waals surface area contributed by atoms with Gasteiger partial charge in [0.05, 0.1) is 12.8 Å². The van der Waals surface area contributed by atoms with E-state index in [0.717, 1.165) is 32.6 Å². The summed E-state index contributed by atoms with van der Waals surface area (Å²) in [6, 6.07) is 21.7. The Balaban J connectivity index is 1.48. The van der Waals surface area contributed by atoms with Gasteiger partial charge in [0.2, 0.25) is 0 Å². The van der Waals surface area contributed by atoms with Crippen molar-refractivity contribution >= 4 is 21.8 Å². The van der Waals surface area contributed by atoms with E-state index < -0.39 is 6.23 Å². The van der Waals surface area contributed by atoms with Crippen LogP contribution in [0.15, 0.2) is 83.5 Å². The van der Waals surface area contributed by atoms with Crippen molar-refractivity contribution in [2.45, 2.75) is 12.6 Å². The lowest BCUT2D eigenvalue weighted by molar-refractivity contribution is -0.128. The second-order valence-electron chi connectivity index (χ2n) is 8.21. The predicted molar refractivity (Wildman–Crippen MR) is 134 cm³/mol. The van der Waals surface area contributed by atoms with Gasteiger partial charge < -0.3 is 14.4 Å². The molecule has 0 radical (unpaired) electrons. The zero-order chi connectivity index (χ0) is 24.4. The Hall–Kier alpha value is -3.49. The monoisotopic (exact) mass is 535 g/mol.